The van der Waals surface area contributed by atoms with E-state index in [-0.39, 0.29) is 5.78 Å². The summed E-state index contributed by atoms with van der Waals surface area (Å²) >= 11 is 2.20. The van der Waals surface area contributed by atoms with E-state index < -0.39 is 6.10 Å². The molecule has 1 N–H and O–H groups in total. The molecule has 0 aliphatic heterocycles. The molecule has 56 valence electrons. The predicted octanol–water partition coefficient (Wildman–Crippen LogP) is 1.07. The van der Waals surface area contributed by atoms with E-state index in [0.29, 0.717) is 6.42 Å². The van der Waals surface area contributed by atoms with Crippen molar-refractivity contribution in [3.63, 3.8) is 0 Å². The van der Waals surface area contributed by atoms with Gasteiger partial charge in [0.1, 0.15) is 6.10 Å². The molecule has 1 aliphatic carbocycles. The molecule has 0 aromatic carbocycles. The molecule has 10 heavy (non-hydrogen) atoms. The average Bonchev–Trinajstić information content (AvgIpc) is 2.17. The SMILES string of the molecule is CC1=C(CI)C[C@@H](O)C1=O. The fourth-order valence-corrected chi connectivity index (χ4v) is 1.94. The molecule has 0 heterocycles. The number of rotatable bonds is 1. The van der Waals surface area contributed by atoms with Gasteiger partial charge in [-0.3, -0.25) is 4.79 Å². The van der Waals surface area contributed by atoms with Crippen molar-refractivity contribution in [3.05, 3.63) is 11.1 Å². The number of carbonyl (C=O) groups is 1. The van der Waals surface area contributed by atoms with Gasteiger partial charge in [0, 0.05) is 10.8 Å². The largest absolute Gasteiger partial charge is 0.385 e. The smallest absolute Gasteiger partial charge is 0.187 e. The molecule has 0 amide bonds. The fourth-order valence-electron chi connectivity index (χ4n) is 1.06. The second-order valence-electron chi connectivity index (χ2n) is 2.45. The van der Waals surface area contributed by atoms with Gasteiger partial charge in [-0.25, -0.2) is 0 Å². The van der Waals surface area contributed by atoms with Crippen LogP contribution in [-0.4, -0.2) is 21.4 Å². The zero-order chi connectivity index (χ0) is 7.72. The summed E-state index contributed by atoms with van der Waals surface area (Å²) in [7, 11) is 0. The van der Waals surface area contributed by atoms with Gasteiger partial charge in [0.15, 0.2) is 5.78 Å². The zero-order valence-corrected chi connectivity index (χ0v) is 7.88. The van der Waals surface area contributed by atoms with Crippen molar-refractivity contribution in [3.8, 4) is 0 Å². The molecule has 0 aromatic rings. The van der Waals surface area contributed by atoms with E-state index in [0.717, 1.165) is 15.6 Å². The number of aliphatic hydroxyl groups excluding tert-OH is 1. The molecule has 0 aromatic heterocycles. The van der Waals surface area contributed by atoms with Crippen molar-refractivity contribution in [2.45, 2.75) is 19.4 Å². The van der Waals surface area contributed by atoms with Crippen LogP contribution in [0, 0.1) is 0 Å². The molecular weight excluding hydrogens is 243 g/mol. The van der Waals surface area contributed by atoms with Crippen LogP contribution in [0.1, 0.15) is 13.3 Å². The van der Waals surface area contributed by atoms with E-state index >= 15 is 0 Å². The Hall–Kier alpha value is 0.100. The number of hydrogen-bond donors (Lipinski definition) is 1. The summed E-state index contributed by atoms with van der Waals surface area (Å²) in [6, 6.07) is 0. The van der Waals surface area contributed by atoms with E-state index in [2.05, 4.69) is 22.6 Å². The Bertz CT molecular complexity index is 196. The van der Waals surface area contributed by atoms with E-state index in [1.54, 1.807) is 6.92 Å². The molecule has 3 heteroatoms. The van der Waals surface area contributed by atoms with Crippen LogP contribution in [0.25, 0.3) is 0 Å². The summed E-state index contributed by atoms with van der Waals surface area (Å²) in [6.07, 6.45) is -0.196. The molecule has 0 spiro atoms. The van der Waals surface area contributed by atoms with Gasteiger partial charge in [0.05, 0.1) is 0 Å². The molecule has 2 nitrogen and oxygen atoms in total. The standard InChI is InChI=1S/C7H9IO2/c1-4-5(3-8)2-6(9)7(4)10/h6,9H,2-3H2,1H3/t6-/m1/s1. The highest BCUT2D eigenvalue weighted by Gasteiger charge is 2.27. The molecule has 1 aliphatic rings. The topological polar surface area (TPSA) is 37.3 Å². The number of Topliss-reactive ketones (excluding diaryl/α,β-unsaturated/α-hetero) is 1. The number of aliphatic hydroxyl groups is 1. The lowest BCUT2D eigenvalue weighted by Gasteiger charge is -1.95. The Kier molecular flexibility index (Phi) is 2.46. The third kappa shape index (κ3) is 1.25. The lowest BCUT2D eigenvalue weighted by Crippen LogP contribution is -2.13. The quantitative estimate of drug-likeness (QED) is 0.560. The molecule has 0 fully saturated rings. The first-order valence-electron chi connectivity index (χ1n) is 3.13. The van der Waals surface area contributed by atoms with Crippen LogP contribution in [0.5, 0.6) is 0 Å². The maximum absolute atomic E-state index is 11.0. The Labute approximate surface area is 73.5 Å². The number of alkyl halides is 1. The minimum atomic E-state index is -0.746. The predicted molar refractivity (Wildman–Crippen MR) is 47.2 cm³/mol. The zero-order valence-electron chi connectivity index (χ0n) is 5.72. The van der Waals surface area contributed by atoms with Gasteiger partial charge < -0.3 is 5.11 Å². The lowest BCUT2D eigenvalue weighted by atomic mass is 10.2. The van der Waals surface area contributed by atoms with Gasteiger partial charge in [0.2, 0.25) is 0 Å². The second-order valence-corrected chi connectivity index (χ2v) is 3.21. The molecule has 0 saturated heterocycles. The summed E-state index contributed by atoms with van der Waals surface area (Å²) in [5.41, 5.74) is 1.86. The minimum Gasteiger partial charge on any atom is -0.385 e. The Morgan fingerprint density at radius 1 is 1.80 bits per heavy atom. The van der Waals surface area contributed by atoms with Gasteiger partial charge >= 0.3 is 0 Å². The molecular formula is C7H9IO2. The maximum atomic E-state index is 11.0. The number of ketones is 1. The summed E-state index contributed by atoms with van der Waals surface area (Å²) < 4.78 is 0.854. The maximum Gasteiger partial charge on any atom is 0.187 e. The second kappa shape index (κ2) is 3.00. The van der Waals surface area contributed by atoms with Crippen LogP contribution < -0.4 is 0 Å². The molecule has 0 saturated carbocycles. The molecule has 0 bridgehead atoms. The van der Waals surface area contributed by atoms with E-state index in [1.165, 1.54) is 0 Å². The first-order chi connectivity index (χ1) is 4.66. The number of halogens is 1. The van der Waals surface area contributed by atoms with Crippen molar-refractivity contribution >= 4 is 28.4 Å². The van der Waals surface area contributed by atoms with Crippen molar-refractivity contribution in [2.75, 3.05) is 4.43 Å². The first kappa shape index (κ1) is 8.20. The highest BCUT2D eigenvalue weighted by atomic mass is 127. The Morgan fingerprint density at radius 3 is 2.60 bits per heavy atom. The third-order valence-electron chi connectivity index (χ3n) is 1.80. The fraction of sp³-hybridized carbons (Fsp3) is 0.571. The summed E-state index contributed by atoms with van der Waals surface area (Å²) in [4.78, 5) is 11.0. The van der Waals surface area contributed by atoms with Crippen molar-refractivity contribution in [1.29, 1.82) is 0 Å². The van der Waals surface area contributed by atoms with Gasteiger partial charge in [-0.2, -0.15) is 0 Å². The van der Waals surface area contributed by atoms with Crippen LogP contribution in [-0.2, 0) is 4.79 Å². The highest BCUT2D eigenvalue weighted by Crippen LogP contribution is 2.24. The first-order valence-corrected chi connectivity index (χ1v) is 4.66. The van der Waals surface area contributed by atoms with Crippen molar-refractivity contribution in [1.82, 2.24) is 0 Å². The van der Waals surface area contributed by atoms with Crippen LogP contribution in [0.15, 0.2) is 11.1 Å². The van der Waals surface area contributed by atoms with E-state index in [1.807, 2.05) is 0 Å². The summed E-state index contributed by atoms with van der Waals surface area (Å²) in [5, 5.41) is 9.08. The molecule has 1 rings (SSSR count). The Morgan fingerprint density at radius 2 is 2.40 bits per heavy atom. The van der Waals surface area contributed by atoms with Crippen LogP contribution >= 0.6 is 22.6 Å². The van der Waals surface area contributed by atoms with Gasteiger partial charge in [-0.05, 0) is 12.5 Å². The van der Waals surface area contributed by atoms with Crippen molar-refractivity contribution < 1.29 is 9.90 Å². The monoisotopic (exact) mass is 252 g/mol. The molecule has 0 radical (unpaired) electrons. The van der Waals surface area contributed by atoms with Crippen molar-refractivity contribution in [2.24, 2.45) is 0 Å². The minimum absolute atomic E-state index is 0.0910. The summed E-state index contributed by atoms with van der Waals surface area (Å²) in [5.74, 6) is -0.0910. The van der Waals surface area contributed by atoms with E-state index in [4.69, 9.17) is 5.11 Å². The molecule has 1 atom stereocenters. The number of hydrogen-bond acceptors (Lipinski definition) is 2. The number of carbonyl (C=O) groups excluding carboxylic acids is 1. The molecule has 0 unspecified atom stereocenters. The Balaban J connectivity index is 2.83. The average molecular weight is 252 g/mol. The van der Waals surface area contributed by atoms with Gasteiger partial charge in [-0.1, -0.05) is 28.2 Å². The third-order valence-corrected chi connectivity index (χ3v) is 2.72. The van der Waals surface area contributed by atoms with Gasteiger partial charge in [-0.15, -0.1) is 0 Å². The normalized spacial score (nSPS) is 26.3. The van der Waals surface area contributed by atoms with Gasteiger partial charge in [0.25, 0.3) is 0 Å². The highest BCUT2D eigenvalue weighted by molar-refractivity contribution is 14.1. The van der Waals surface area contributed by atoms with Crippen LogP contribution in [0.2, 0.25) is 0 Å². The van der Waals surface area contributed by atoms with E-state index in [9.17, 15) is 4.79 Å². The lowest BCUT2D eigenvalue weighted by molar-refractivity contribution is -0.122. The summed E-state index contributed by atoms with van der Waals surface area (Å²) in [6.45, 7) is 1.78. The van der Waals surface area contributed by atoms with Crippen LogP contribution in [0.4, 0.5) is 0 Å². The van der Waals surface area contributed by atoms with Crippen LogP contribution in [0.3, 0.4) is 0 Å².